The summed E-state index contributed by atoms with van der Waals surface area (Å²) < 4.78 is 0. The summed E-state index contributed by atoms with van der Waals surface area (Å²) in [5.74, 6) is 3.77. The number of anilines is 1. The van der Waals surface area contributed by atoms with Gasteiger partial charge < -0.3 is 10.0 Å². The highest BCUT2D eigenvalue weighted by molar-refractivity contribution is 5.50. The molecule has 0 radical (unpaired) electrons. The fourth-order valence-electron chi connectivity index (χ4n) is 2.93. The Balaban J connectivity index is 1.63. The van der Waals surface area contributed by atoms with Crippen molar-refractivity contribution in [2.45, 2.75) is 12.6 Å². The Morgan fingerprint density at radius 3 is 2.57 bits per heavy atom. The lowest BCUT2D eigenvalue weighted by atomic mass is 10.2. The van der Waals surface area contributed by atoms with Crippen molar-refractivity contribution < 1.29 is 5.11 Å². The molecule has 5 rings (SSSR count). The molecule has 72 valence electrons. The first-order valence-electron chi connectivity index (χ1n) is 5.08. The van der Waals surface area contributed by atoms with Gasteiger partial charge in [-0.3, -0.25) is 0 Å². The maximum Gasteiger partial charge on any atom is 0.225 e. The summed E-state index contributed by atoms with van der Waals surface area (Å²) in [4.78, 5) is 10.9. The predicted molar refractivity (Wildman–Crippen MR) is 49.6 cm³/mol. The zero-order valence-electron chi connectivity index (χ0n) is 7.67. The largest absolute Gasteiger partial charge is 0.392 e. The molecule has 14 heavy (non-hydrogen) atoms. The van der Waals surface area contributed by atoms with Crippen LogP contribution in [0.2, 0.25) is 0 Å². The minimum Gasteiger partial charge on any atom is -0.392 e. The highest BCUT2D eigenvalue weighted by atomic mass is 16.3. The Kier molecular flexibility index (Phi) is 1.07. The van der Waals surface area contributed by atoms with E-state index in [1.54, 1.807) is 12.4 Å². The number of fused-ring (bicyclic) bond motifs is 1. The number of nitrogens with zero attached hydrogens (tertiary/aromatic N) is 3. The molecule has 2 saturated carbocycles. The van der Waals surface area contributed by atoms with Gasteiger partial charge in [-0.25, -0.2) is 9.97 Å². The third kappa shape index (κ3) is 0.696. The molecular formula is C10H11N3O. The van der Waals surface area contributed by atoms with E-state index < -0.39 is 0 Å². The van der Waals surface area contributed by atoms with E-state index in [1.807, 2.05) is 0 Å². The first-order chi connectivity index (χ1) is 6.90. The van der Waals surface area contributed by atoms with Crippen molar-refractivity contribution in [2.75, 3.05) is 11.4 Å². The van der Waals surface area contributed by atoms with Crippen LogP contribution in [0.15, 0.2) is 12.4 Å². The lowest BCUT2D eigenvalue weighted by Crippen LogP contribution is -2.22. The fraction of sp³-hybridized carbons (Fsp3) is 0.600. The summed E-state index contributed by atoms with van der Waals surface area (Å²) in [6.45, 7) is 1.18. The van der Waals surface area contributed by atoms with Gasteiger partial charge in [0.15, 0.2) is 0 Å². The van der Waals surface area contributed by atoms with Crippen LogP contribution < -0.4 is 4.90 Å². The molecule has 1 N–H and O–H groups in total. The summed E-state index contributed by atoms with van der Waals surface area (Å²) in [6, 6.07) is 0.764. The fourth-order valence-corrected chi connectivity index (χ4v) is 2.93. The van der Waals surface area contributed by atoms with Gasteiger partial charge in [-0.15, -0.1) is 0 Å². The van der Waals surface area contributed by atoms with Gasteiger partial charge in [0.2, 0.25) is 5.95 Å². The van der Waals surface area contributed by atoms with E-state index in [-0.39, 0.29) is 6.61 Å². The maximum atomic E-state index is 8.86. The third-order valence-corrected chi connectivity index (χ3v) is 3.84. The molecule has 2 bridgehead atoms. The summed E-state index contributed by atoms with van der Waals surface area (Å²) in [5, 5.41) is 8.86. The number of aromatic nitrogens is 2. The number of hydrogen-bond acceptors (Lipinski definition) is 4. The lowest BCUT2D eigenvalue weighted by molar-refractivity contribution is 0.281. The second kappa shape index (κ2) is 2.08. The molecule has 0 aromatic carbocycles. The number of rotatable bonds is 2. The van der Waals surface area contributed by atoms with Crippen LogP contribution in [-0.4, -0.2) is 27.7 Å². The van der Waals surface area contributed by atoms with Gasteiger partial charge in [-0.2, -0.15) is 0 Å². The van der Waals surface area contributed by atoms with Crippen LogP contribution in [0.4, 0.5) is 5.95 Å². The number of aliphatic hydroxyl groups is 1. The van der Waals surface area contributed by atoms with Crippen LogP contribution in [0.3, 0.4) is 0 Å². The first-order valence-corrected chi connectivity index (χ1v) is 5.08. The topological polar surface area (TPSA) is 49.3 Å². The zero-order chi connectivity index (χ0) is 9.28. The van der Waals surface area contributed by atoms with E-state index in [9.17, 15) is 0 Å². The first kappa shape index (κ1) is 7.17. The molecule has 2 saturated heterocycles. The quantitative estimate of drug-likeness (QED) is 0.713. The van der Waals surface area contributed by atoms with Crippen LogP contribution in [0, 0.1) is 17.8 Å². The second-order valence-corrected chi connectivity index (χ2v) is 4.51. The third-order valence-electron chi connectivity index (χ3n) is 3.84. The van der Waals surface area contributed by atoms with E-state index >= 15 is 0 Å². The van der Waals surface area contributed by atoms with Crippen LogP contribution in [0.1, 0.15) is 5.56 Å². The molecule has 0 amide bonds. The monoisotopic (exact) mass is 189 g/mol. The van der Waals surface area contributed by atoms with Gasteiger partial charge in [-0.05, 0) is 17.8 Å². The van der Waals surface area contributed by atoms with Crippen LogP contribution >= 0.6 is 0 Å². The Bertz CT molecular complexity index is 374. The number of piperidine rings is 1. The highest BCUT2D eigenvalue weighted by Crippen LogP contribution is 2.75. The molecule has 4 nitrogen and oxygen atoms in total. The molecule has 4 heteroatoms. The van der Waals surface area contributed by atoms with Gasteiger partial charge in [0.25, 0.3) is 0 Å². The second-order valence-electron chi connectivity index (χ2n) is 4.51. The van der Waals surface area contributed by atoms with E-state index in [0.29, 0.717) is 0 Å². The summed E-state index contributed by atoms with van der Waals surface area (Å²) in [5.41, 5.74) is 0.785. The molecule has 4 aliphatic rings. The van der Waals surface area contributed by atoms with Gasteiger partial charge in [-0.1, -0.05) is 0 Å². The SMILES string of the molecule is OCc1cnc(N2CC3C4C3C42)nc1. The minimum atomic E-state index is 0.0254. The van der Waals surface area contributed by atoms with Gasteiger partial charge in [0, 0.05) is 30.5 Å². The van der Waals surface area contributed by atoms with Crippen molar-refractivity contribution in [1.29, 1.82) is 0 Å². The van der Waals surface area contributed by atoms with Gasteiger partial charge in [0.05, 0.1) is 6.61 Å². The Labute approximate surface area is 81.6 Å². The molecule has 2 atom stereocenters. The van der Waals surface area contributed by atoms with Crippen LogP contribution in [0.25, 0.3) is 0 Å². The Morgan fingerprint density at radius 2 is 2.07 bits per heavy atom. The molecule has 1 aromatic rings. The number of hydrogen-bond donors (Lipinski definition) is 1. The zero-order valence-corrected chi connectivity index (χ0v) is 7.67. The van der Waals surface area contributed by atoms with Crippen molar-refractivity contribution >= 4 is 5.95 Å². The molecule has 3 heterocycles. The molecule has 2 aliphatic heterocycles. The highest BCUT2D eigenvalue weighted by Gasteiger charge is 2.81. The molecule has 1 aromatic heterocycles. The average Bonchev–Trinajstić information content (AvgIpc) is 3.05. The standard InChI is InChI=1S/C10H11N3O/c14-4-5-1-11-10(12-2-5)13-3-6-7-8(6)9(7)13/h1-2,6-9,14H,3-4H2. The molecular weight excluding hydrogens is 178 g/mol. The normalized spacial score (nSPS) is 41.1. The van der Waals surface area contributed by atoms with Gasteiger partial charge in [0.1, 0.15) is 0 Å². The van der Waals surface area contributed by atoms with Crippen molar-refractivity contribution in [1.82, 2.24) is 9.97 Å². The van der Waals surface area contributed by atoms with E-state index in [1.165, 1.54) is 0 Å². The Morgan fingerprint density at radius 1 is 1.36 bits per heavy atom. The maximum absolute atomic E-state index is 8.86. The predicted octanol–water partition coefficient (Wildman–Crippen LogP) is 0.0333. The van der Waals surface area contributed by atoms with E-state index in [0.717, 1.165) is 41.9 Å². The molecule has 2 unspecified atom stereocenters. The van der Waals surface area contributed by atoms with Crippen molar-refractivity contribution in [3.8, 4) is 0 Å². The number of aliphatic hydroxyl groups excluding tert-OH is 1. The van der Waals surface area contributed by atoms with Gasteiger partial charge >= 0.3 is 0 Å². The molecule has 4 fully saturated rings. The average molecular weight is 189 g/mol. The summed E-state index contributed by atoms with van der Waals surface area (Å²) in [7, 11) is 0. The lowest BCUT2D eigenvalue weighted by Gasteiger charge is -2.14. The minimum absolute atomic E-state index is 0.0254. The van der Waals surface area contributed by atoms with E-state index in [2.05, 4.69) is 14.9 Å². The van der Waals surface area contributed by atoms with Crippen LogP contribution in [0.5, 0.6) is 0 Å². The molecule has 0 spiro atoms. The Hall–Kier alpha value is -1.16. The van der Waals surface area contributed by atoms with Crippen molar-refractivity contribution in [2.24, 2.45) is 17.8 Å². The van der Waals surface area contributed by atoms with Crippen LogP contribution in [-0.2, 0) is 6.61 Å². The smallest absolute Gasteiger partial charge is 0.225 e. The van der Waals surface area contributed by atoms with Crippen molar-refractivity contribution in [3.05, 3.63) is 18.0 Å². The summed E-state index contributed by atoms with van der Waals surface area (Å²) in [6.07, 6.45) is 3.43. The summed E-state index contributed by atoms with van der Waals surface area (Å²) >= 11 is 0. The van der Waals surface area contributed by atoms with E-state index in [4.69, 9.17) is 5.11 Å². The van der Waals surface area contributed by atoms with Crippen molar-refractivity contribution in [3.63, 3.8) is 0 Å². The molecule has 2 aliphatic carbocycles.